The Labute approximate surface area is 127 Å². The average Bonchev–Trinajstić information content (AvgIpc) is 2.29. The summed E-state index contributed by atoms with van der Waals surface area (Å²) in [5.41, 5.74) is 0. The van der Waals surface area contributed by atoms with Gasteiger partial charge in [0, 0.05) is 6.42 Å². The van der Waals surface area contributed by atoms with Crippen molar-refractivity contribution in [1.82, 2.24) is 5.32 Å². The Morgan fingerprint density at radius 2 is 1.39 bits per heavy atom. The van der Waals surface area contributed by atoms with Gasteiger partial charge in [-0.15, -0.1) is 0 Å². The average molecular weight is 367 g/mol. The topological polar surface area (TPSA) is 29.1 Å². The molecule has 0 bridgehead atoms. The number of halogens is 1. The summed E-state index contributed by atoms with van der Waals surface area (Å²) >= 11 is 2.40. The molecule has 0 aliphatic rings. The van der Waals surface area contributed by atoms with Crippen molar-refractivity contribution in [3.05, 3.63) is 0 Å². The lowest BCUT2D eigenvalue weighted by molar-refractivity contribution is -0.117. The predicted octanol–water partition coefficient (Wildman–Crippen LogP) is 4.85. The Balaban J connectivity index is 2.97. The minimum absolute atomic E-state index is 0.337. The van der Waals surface area contributed by atoms with Gasteiger partial charge in [0.2, 0.25) is 0 Å². The molecular formula is C15H30INO. The van der Waals surface area contributed by atoms with Crippen LogP contribution in [0.4, 0.5) is 0 Å². The van der Waals surface area contributed by atoms with Crippen molar-refractivity contribution in [2.24, 2.45) is 0 Å². The largest absolute Gasteiger partial charge is 0.306 e. The Kier molecular flexibility index (Phi) is 14.1. The standard InChI is InChI=1S/C15H30INO/c1-14(18)12-10-8-6-4-3-5-7-9-11-13-17-15(2)16/h15,17H,3-13H2,1-2H3. The quantitative estimate of drug-likeness (QED) is 0.218. The van der Waals surface area contributed by atoms with E-state index in [4.69, 9.17) is 0 Å². The first kappa shape index (κ1) is 18.4. The van der Waals surface area contributed by atoms with Gasteiger partial charge < -0.3 is 10.1 Å². The number of Topliss-reactive ketones (excluding diaryl/α,β-unsaturated/α-hetero) is 1. The number of nitrogens with one attached hydrogen (secondary N) is 1. The number of hydrogen-bond donors (Lipinski definition) is 1. The molecule has 18 heavy (non-hydrogen) atoms. The summed E-state index contributed by atoms with van der Waals surface area (Å²) in [4.78, 5) is 10.7. The first-order valence-electron chi connectivity index (χ1n) is 7.50. The molecule has 0 radical (unpaired) electrons. The van der Waals surface area contributed by atoms with Crippen LogP contribution >= 0.6 is 22.6 Å². The summed E-state index contributed by atoms with van der Waals surface area (Å²) in [6.45, 7) is 5.04. The lowest BCUT2D eigenvalue weighted by Crippen LogP contribution is -2.20. The molecule has 1 N–H and O–H groups in total. The van der Waals surface area contributed by atoms with Crippen LogP contribution in [0.3, 0.4) is 0 Å². The van der Waals surface area contributed by atoms with Gasteiger partial charge in [-0.3, -0.25) is 0 Å². The lowest BCUT2D eigenvalue weighted by Gasteiger charge is -2.06. The molecule has 0 heterocycles. The summed E-state index contributed by atoms with van der Waals surface area (Å²) in [6, 6.07) is 0. The van der Waals surface area contributed by atoms with Crippen molar-refractivity contribution in [2.45, 2.75) is 82.1 Å². The van der Waals surface area contributed by atoms with Gasteiger partial charge >= 0.3 is 0 Å². The molecule has 1 atom stereocenters. The Morgan fingerprint density at radius 1 is 0.944 bits per heavy atom. The lowest BCUT2D eigenvalue weighted by atomic mass is 10.1. The second-order valence-corrected chi connectivity index (χ2v) is 7.07. The van der Waals surface area contributed by atoms with Gasteiger partial charge in [-0.25, -0.2) is 0 Å². The van der Waals surface area contributed by atoms with Gasteiger partial charge in [0.05, 0.1) is 4.05 Å². The Morgan fingerprint density at radius 3 is 1.83 bits per heavy atom. The van der Waals surface area contributed by atoms with Gasteiger partial charge in [0.15, 0.2) is 0 Å². The van der Waals surface area contributed by atoms with E-state index in [-0.39, 0.29) is 0 Å². The molecule has 108 valence electrons. The molecule has 0 spiro atoms. The van der Waals surface area contributed by atoms with E-state index in [1.54, 1.807) is 6.92 Å². The highest BCUT2D eigenvalue weighted by Gasteiger charge is 1.96. The van der Waals surface area contributed by atoms with Crippen LogP contribution in [0.5, 0.6) is 0 Å². The van der Waals surface area contributed by atoms with E-state index >= 15 is 0 Å². The van der Waals surface area contributed by atoms with Crippen molar-refractivity contribution in [1.29, 1.82) is 0 Å². The number of hydrogen-bond acceptors (Lipinski definition) is 2. The van der Waals surface area contributed by atoms with Crippen LogP contribution in [0.25, 0.3) is 0 Å². The molecule has 0 rings (SSSR count). The normalized spacial score (nSPS) is 12.6. The SMILES string of the molecule is CC(=O)CCCCCCCCCCCNC(C)I. The van der Waals surface area contributed by atoms with Gasteiger partial charge in [-0.1, -0.05) is 67.5 Å². The number of carbonyl (C=O) groups is 1. The molecule has 0 aromatic carbocycles. The highest BCUT2D eigenvalue weighted by atomic mass is 127. The van der Waals surface area contributed by atoms with Crippen LogP contribution in [-0.4, -0.2) is 16.4 Å². The zero-order valence-electron chi connectivity index (χ0n) is 12.1. The fourth-order valence-electron chi connectivity index (χ4n) is 2.04. The molecule has 3 heteroatoms. The molecule has 2 nitrogen and oxygen atoms in total. The molecule has 0 aromatic rings. The second kappa shape index (κ2) is 13.8. The van der Waals surface area contributed by atoms with Crippen molar-refractivity contribution >= 4 is 28.4 Å². The highest BCUT2D eigenvalue weighted by Crippen LogP contribution is 2.10. The van der Waals surface area contributed by atoms with E-state index in [0.717, 1.165) is 19.4 Å². The Hall–Kier alpha value is 0.360. The second-order valence-electron chi connectivity index (χ2n) is 5.20. The molecule has 0 saturated carbocycles. The molecule has 0 aliphatic carbocycles. The zero-order chi connectivity index (χ0) is 13.6. The first-order chi connectivity index (χ1) is 8.63. The number of ketones is 1. The maximum atomic E-state index is 10.7. The number of unbranched alkanes of at least 4 members (excludes halogenated alkanes) is 8. The van der Waals surface area contributed by atoms with Crippen LogP contribution in [0, 0.1) is 0 Å². The van der Waals surface area contributed by atoms with Crippen molar-refractivity contribution in [3.8, 4) is 0 Å². The fraction of sp³-hybridized carbons (Fsp3) is 0.933. The van der Waals surface area contributed by atoms with E-state index < -0.39 is 0 Å². The van der Waals surface area contributed by atoms with Crippen molar-refractivity contribution in [2.75, 3.05) is 6.54 Å². The van der Waals surface area contributed by atoms with Crippen LogP contribution < -0.4 is 5.32 Å². The number of carbonyl (C=O) groups excluding carboxylic acids is 1. The molecule has 0 saturated heterocycles. The molecule has 1 unspecified atom stereocenters. The molecule has 0 fully saturated rings. The third kappa shape index (κ3) is 16.4. The highest BCUT2D eigenvalue weighted by molar-refractivity contribution is 14.1. The van der Waals surface area contributed by atoms with Crippen molar-refractivity contribution < 1.29 is 4.79 Å². The molecule has 0 aromatic heterocycles. The molecule has 0 aliphatic heterocycles. The fourth-order valence-corrected chi connectivity index (χ4v) is 2.35. The Bertz CT molecular complexity index is 195. The predicted molar refractivity (Wildman–Crippen MR) is 88.3 cm³/mol. The summed E-state index contributed by atoms with van der Waals surface area (Å²) in [5.74, 6) is 0.337. The van der Waals surface area contributed by atoms with Crippen LogP contribution in [0.1, 0.15) is 78.1 Å². The zero-order valence-corrected chi connectivity index (χ0v) is 14.3. The van der Waals surface area contributed by atoms with Gasteiger partial charge in [-0.2, -0.15) is 0 Å². The maximum absolute atomic E-state index is 10.7. The summed E-state index contributed by atoms with van der Waals surface area (Å²) in [7, 11) is 0. The summed E-state index contributed by atoms with van der Waals surface area (Å²) < 4.78 is 0.595. The van der Waals surface area contributed by atoms with Gasteiger partial charge in [0.25, 0.3) is 0 Å². The molecular weight excluding hydrogens is 337 g/mol. The van der Waals surface area contributed by atoms with Crippen LogP contribution in [-0.2, 0) is 4.79 Å². The maximum Gasteiger partial charge on any atom is 0.129 e. The first-order valence-corrected chi connectivity index (χ1v) is 8.74. The van der Waals surface area contributed by atoms with E-state index in [1.165, 1.54) is 51.4 Å². The van der Waals surface area contributed by atoms with Crippen LogP contribution in [0.2, 0.25) is 0 Å². The van der Waals surface area contributed by atoms with E-state index in [1.807, 2.05) is 0 Å². The number of rotatable bonds is 13. The van der Waals surface area contributed by atoms with Gasteiger partial charge in [0.1, 0.15) is 5.78 Å². The van der Waals surface area contributed by atoms with Crippen molar-refractivity contribution in [3.63, 3.8) is 0 Å². The third-order valence-corrected chi connectivity index (χ3v) is 3.57. The smallest absolute Gasteiger partial charge is 0.129 e. The summed E-state index contributed by atoms with van der Waals surface area (Å²) in [6.07, 6.45) is 12.6. The van der Waals surface area contributed by atoms with Gasteiger partial charge in [-0.05, 0) is 33.2 Å². The van der Waals surface area contributed by atoms with E-state index in [9.17, 15) is 4.79 Å². The van der Waals surface area contributed by atoms with E-state index in [2.05, 4.69) is 34.8 Å². The third-order valence-electron chi connectivity index (χ3n) is 3.13. The number of alkyl halides is 1. The van der Waals surface area contributed by atoms with E-state index in [0.29, 0.717) is 9.83 Å². The minimum Gasteiger partial charge on any atom is -0.306 e. The molecule has 0 amide bonds. The van der Waals surface area contributed by atoms with Crippen LogP contribution in [0.15, 0.2) is 0 Å². The summed E-state index contributed by atoms with van der Waals surface area (Å²) in [5, 5.41) is 3.44. The minimum atomic E-state index is 0.337. The monoisotopic (exact) mass is 367 g/mol.